The number of carbonyl (C=O) groups is 2. The van der Waals surface area contributed by atoms with Crippen molar-refractivity contribution in [2.75, 3.05) is 42.6 Å². The number of hydrogen-bond donors (Lipinski definition) is 3. The number of aromatic nitrogens is 1. The van der Waals surface area contributed by atoms with Crippen LogP contribution in [0, 0.1) is 11.6 Å². The van der Waals surface area contributed by atoms with Gasteiger partial charge in [-0.25, -0.2) is 18.4 Å². The number of cyclic esters (lactones) is 1. The van der Waals surface area contributed by atoms with E-state index in [4.69, 9.17) is 9.47 Å². The van der Waals surface area contributed by atoms with Gasteiger partial charge in [-0.05, 0) is 49.9 Å². The Kier molecular flexibility index (Phi) is 8.80. The van der Waals surface area contributed by atoms with E-state index in [1.165, 1.54) is 23.2 Å². The van der Waals surface area contributed by atoms with Gasteiger partial charge in [-0.15, -0.1) is 0 Å². The summed E-state index contributed by atoms with van der Waals surface area (Å²) < 4.78 is 42.4. The maximum atomic E-state index is 15.3. The lowest BCUT2D eigenvalue weighted by molar-refractivity contribution is -0.0250. The Labute approximate surface area is 251 Å². The van der Waals surface area contributed by atoms with Crippen LogP contribution in [-0.2, 0) is 4.74 Å². The first-order chi connectivity index (χ1) is 21.1. The van der Waals surface area contributed by atoms with Crippen molar-refractivity contribution in [2.45, 2.75) is 57.3 Å². The van der Waals surface area contributed by atoms with Crippen LogP contribution in [0.15, 0.2) is 41.3 Å². The molecular weight excluding hydrogens is 580 g/mol. The van der Waals surface area contributed by atoms with Crippen molar-refractivity contribution in [3.8, 4) is 5.75 Å². The maximum Gasteiger partial charge on any atom is 0.414 e. The van der Waals surface area contributed by atoms with Crippen molar-refractivity contribution in [1.82, 2.24) is 4.57 Å². The van der Waals surface area contributed by atoms with Crippen molar-refractivity contribution in [1.29, 1.82) is 0 Å². The van der Waals surface area contributed by atoms with Gasteiger partial charge in [-0.3, -0.25) is 9.69 Å². The molecular formula is C31H35F2N3O8. The highest BCUT2D eigenvalue weighted by Crippen LogP contribution is 2.39. The first-order valence-electron chi connectivity index (χ1n) is 14.7. The number of benzene rings is 2. The number of carboxylic acid groups (broad SMARTS) is 1. The molecule has 236 valence electrons. The van der Waals surface area contributed by atoms with Gasteiger partial charge in [-0.1, -0.05) is 13.8 Å². The summed E-state index contributed by atoms with van der Waals surface area (Å²) in [5.74, 6) is -2.87. The van der Waals surface area contributed by atoms with Crippen LogP contribution in [0.25, 0.3) is 10.9 Å². The van der Waals surface area contributed by atoms with Crippen LogP contribution < -0.4 is 20.0 Å². The van der Waals surface area contributed by atoms with Gasteiger partial charge in [0.25, 0.3) is 0 Å². The molecule has 1 aromatic heterocycles. The molecule has 0 bridgehead atoms. The molecule has 2 saturated heterocycles. The zero-order chi connectivity index (χ0) is 31.8. The first-order valence-corrected chi connectivity index (χ1v) is 14.7. The molecule has 2 aromatic carbocycles. The number of amides is 1. The van der Waals surface area contributed by atoms with Gasteiger partial charge < -0.3 is 34.3 Å². The second kappa shape index (κ2) is 12.4. The van der Waals surface area contributed by atoms with E-state index in [0.717, 1.165) is 25.0 Å². The number of ether oxygens (including phenoxy) is 2. The number of pyridine rings is 1. The maximum absolute atomic E-state index is 15.3. The second-order valence-corrected chi connectivity index (χ2v) is 11.1. The summed E-state index contributed by atoms with van der Waals surface area (Å²) in [7, 11) is 0. The number of carbonyl (C=O) groups excluding carboxylic acids is 1. The second-order valence-electron chi connectivity index (χ2n) is 11.1. The lowest BCUT2D eigenvalue weighted by Crippen LogP contribution is -2.48. The molecule has 3 N–H and O–H groups in total. The minimum atomic E-state index is -1.36. The van der Waals surface area contributed by atoms with Crippen LogP contribution in [0.2, 0.25) is 0 Å². The summed E-state index contributed by atoms with van der Waals surface area (Å²) in [6.07, 6.45) is 2.00. The molecule has 3 aliphatic rings. The monoisotopic (exact) mass is 615 g/mol. The number of aliphatic hydroxyl groups is 2. The minimum Gasteiger partial charge on any atom is -0.488 e. The van der Waals surface area contributed by atoms with E-state index < -0.39 is 46.4 Å². The average molecular weight is 616 g/mol. The number of aromatic carboxylic acids is 1. The SMILES string of the molecule is CC.O=C(O)c1cn(C2CC2)c2cc(N3CCC(O)(COc4ccc(N5C[C@H](CO)OC5=O)cc4F)CC3)c(F)cc2c1=O. The zero-order valence-electron chi connectivity index (χ0n) is 24.5. The van der Waals surface area contributed by atoms with Crippen LogP contribution in [0.3, 0.4) is 0 Å². The minimum absolute atomic E-state index is 0.00727. The summed E-state index contributed by atoms with van der Waals surface area (Å²) in [6, 6.07) is 6.64. The van der Waals surface area contributed by atoms with Gasteiger partial charge in [0.1, 0.15) is 29.7 Å². The molecule has 0 spiro atoms. The number of piperidine rings is 1. The Morgan fingerprint density at radius 3 is 2.39 bits per heavy atom. The quantitative estimate of drug-likeness (QED) is 0.342. The van der Waals surface area contributed by atoms with Crippen molar-refractivity contribution in [3.05, 3.63) is 63.9 Å². The molecule has 1 saturated carbocycles. The van der Waals surface area contributed by atoms with E-state index in [0.29, 0.717) is 5.52 Å². The van der Waals surface area contributed by atoms with E-state index in [1.54, 1.807) is 15.5 Å². The number of anilines is 2. The Balaban J connectivity index is 0.00000188. The van der Waals surface area contributed by atoms with Crippen molar-refractivity contribution in [3.63, 3.8) is 0 Å². The van der Waals surface area contributed by atoms with E-state index in [2.05, 4.69) is 0 Å². The summed E-state index contributed by atoms with van der Waals surface area (Å²) in [6.45, 7) is 4.05. The lowest BCUT2D eigenvalue weighted by atomic mass is 9.92. The third-order valence-corrected chi connectivity index (χ3v) is 8.11. The highest BCUT2D eigenvalue weighted by atomic mass is 19.1. The summed E-state index contributed by atoms with van der Waals surface area (Å²) >= 11 is 0. The molecule has 3 aromatic rings. The molecule has 6 rings (SSSR count). The number of carboxylic acids is 1. The van der Waals surface area contributed by atoms with E-state index >= 15 is 4.39 Å². The summed E-state index contributed by atoms with van der Waals surface area (Å²) in [5.41, 5.74) is -1.50. The molecule has 3 heterocycles. The van der Waals surface area contributed by atoms with E-state index in [-0.39, 0.29) is 74.2 Å². The Morgan fingerprint density at radius 2 is 1.80 bits per heavy atom. The van der Waals surface area contributed by atoms with Gasteiger partial charge in [0.15, 0.2) is 11.6 Å². The molecule has 1 atom stereocenters. The summed E-state index contributed by atoms with van der Waals surface area (Å²) in [5, 5.41) is 29.8. The lowest BCUT2D eigenvalue weighted by Gasteiger charge is -2.39. The number of nitrogens with zero attached hydrogens (tertiary/aromatic N) is 3. The number of aliphatic hydroxyl groups excluding tert-OH is 1. The fraction of sp³-hybridized carbons (Fsp3) is 0.452. The predicted octanol–water partition coefficient (Wildman–Crippen LogP) is 4.07. The highest BCUT2D eigenvalue weighted by Gasteiger charge is 2.36. The van der Waals surface area contributed by atoms with E-state index in [1.807, 2.05) is 13.8 Å². The van der Waals surface area contributed by atoms with Crippen LogP contribution >= 0.6 is 0 Å². The van der Waals surface area contributed by atoms with Crippen LogP contribution in [-0.4, -0.2) is 76.5 Å². The van der Waals surface area contributed by atoms with Crippen LogP contribution in [0.4, 0.5) is 25.0 Å². The topological polar surface area (TPSA) is 142 Å². The first kappa shape index (κ1) is 31.2. The normalized spacial score (nSPS) is 19.4. The fourth-order valence-corrected chi connectivity index (χ4v) is 5.53. The third-order valence-electron chi connectivity index (χ3n) is 8.11. The third kappa shape index (κ3) is 6.06. The van der Waals surface area contributed by atoms with Crippen molar-refractivity contribution in [2.24, 2.45) is 0 Å². The van der Waals surface area contributed by atoms with Gasteiger partial charge in [0.05, 0.1) is 30.0 Å². The smallest absolute Gasteiger partial charge is 0.414 e. The van der Waals surface area contributed by atoms with Gasteiger partial charge in [-0.2, -0.15) is 0 Å². The van der Waals surface area contributed by atoms with Crippen molar-refractivity contribution >= 4 is 34.3 Å². The highest BCUT2D eigenvalue weighted by molar-refractivity contribution is 5.93. The molecule has 3 fully saturated rings. The number of fused-ring (bicyclic) bond motifs is 1. The van der Waals surface area contributed by atoms with Gasteiger partial charge in [0.2, 0.25) is 5.43 Å². The Hall–Kier alpha value is -4.23. The predicted molar refractivity (Wildman–Crippen MR) is 158 cm³/mol. The van der Waals surface area contributed by atoms with Crippen LogP contribution in [0.5, 0.6) is 5.75 Å². The standard InChI is InChI=1S/C29H29F2N3O8.C2H6/c30-21-10-19-23(33(16-1-2-16)13-20(26(19)36)27(37)38)11-24(21)32-7-5-29(40,6-8-32)15-41-25-4-3-17(9-22(25)31)34-12-18(14-35)42-28(34)39;1-2/h3-4,9-11,13,16,18,35,40H,1-2,5-8,12,14-15H2,(H,37,38);1-2H3/t18-;/m1./s1. The Morgan fingerprint density at radius 1 is 1.09 bits per heavy atom. The number of halogens is 2. The summed E-state index contributed by atoms with van der Waals surface area (Å²) in [4.78, 5) is 39.3. The molecule has 1 amide bonds. The molecule has 2 aliphatic heterocycles. The molecule has 11 nitrogen and oxygen atoms in total. The zero-order valence-corrected chi connectivity index (χ0v) is 24.5. The average Bonchev–Trinajstić information content (AvgIpc) is 3.79. The molecule has 44 heavy (non-hydrogen) atoms. The molecule has 0 unspecified atom stereocenters. The van der Waals surface area contributed by atoms with E-state index in [9.17, 15) is 34.1 Å². The number of hydrogen-bond acceptors (Lipinski definition) is 8. The Bertz CT molecular complexity index is 1630. The molecule has 0 radical (unpaired) electrons. The molecule has 13 heteroatoms. The number of rotatable bonds is 8. The van der Waals surface area contributed by atoms with Crippen molar-refractivity contribution < 1.29 is 43.2 Å². The van der Waals surface area contributed by atoms with Crippen LogP contribution in [0.1, 0.15) is 55.9 Å². The largest absolute Gasteiger partial charge is 0.488 e. The molecule has 1 aliphatic carbocycles. The van der Waals surface area contributed by atoms with Gasteiger partial charge >= 0.3 is 12.1 Å². The van der Waals surface area contributed by atoms with Gasteiger partial charge in [0, 0.05) is 36.8 Å². The fourth-order valence-electron chi connectivity index (χ4n) is 5.53.